The van der Waals surface area contributed by atoms with E-state index in [1.54, 1.807) is 0 Å². The molecule has 1 unspecified atom stereocenters. The molecule has 0 radical (unpaired) electrons. The van der Waals surface area contributed by atoms with E-state index < -0.39 is 0 Å². The van der Waals surface area contributed by atoms with Crippen LogP contribution in [0.15, 0.2) is 0 Å². The molecule has 100 valence electrons. The molecule has 2 atom stereocenters. The van der Waals surface area contributed by atoms with Gasteiger partial charge in [-0.1, -0.05) is 27.7 Å². The van der Waals surface area contributed by atoms with E-state index in [-0.39, 0.29) is 11.5 Å². The van der Waals surface area contributed by atoms with Crippen molar-refractivity contribution in [2.45, 2.75) is 66.5 Å². The largest absolute Gasteiger partial charge is 0.297 e. The smallest absolute Gasteiger partial charge is 0.155 e. The number of Topliss-reactive ketones (excluding diaryl/α,β-unsaturated/α-hetero) is 1. The molecule has 0 aromatic carbocycles. The first-order valence-corrected chi connectivity index (χ1v) is 7.01. The zero-order chi connectivity index (χ0) is 13.4. The summed E-state index contributed by atoms with van der Waals surface area (Å²) in [4.78, 5) is 14.9. The van der Waals surface area contributed by atoms with Crippen molar-refractivity contribution < 1.29 is 4.79 Å². The maximum atomic E-state index is 12.5. The fourth-order valence-corrected chi connectivity index (χ4v) is 3.24. The van der Waals surface area contributed by atoms with Crippen molar-refractivity contribution in [3.05, 3.63) is 0 Å². The fourth-order valence-electron chi connectivity index (χ4n) is 3.24. The zero-order valence-corrected chi connectivity index (χ0v) is 12.6. The summed E-state index contributed by atoms with van der Waals surface area (Å²) < 4.78 is 0. The summed E-state index contributed by atoms with van der Waals surface area (Å²) in [6.45, 7) is 16.2. The molecular formula is C15H29NO. The number of hydrogen-bond acceptors (Lipinski definition) is 2. The van der Waals surface area contributed by atoms with Crippen LogP contribution in [0.5, 0.6) is 0 Å². The van der Waals surface area contributed by atoms with Crippen LogP contribution in [0.2, 0.25) is 0 Å². The molecule has 0 bridgehead atoms. The zero-order valence-electron chi connectivity index (χ0n) is 12.6. The molecule has 2 nitrogen and oxygen atoms in total. The van der Waals surface area contributed by atoms with Gasteiger partial charge in [-0.2, -0.15) is 0 Å². The maximum absolute atomic E-state index is 12.5. The highest BCUT2D eigenvalue weighted by molar-refractivity contribution is 5.90. The third kappa shape index (κ3) is 2.73. The third-order valence-corrected chi connectivity index (χ3v) is 4.35. The molecule has 1 aliphatic rings. The summed E-state index contributed by atoms with van der Waals surface area (Å²) in [6, 6.07) is 0.450. The Morgan fingerprint density at radius 1 is 1.18 bits per heavy atom. The molecule has 2 heteroatoms. The molecule has 1 saturated heterocycles. The minimum Gasteiger partial charge on any atom is -0.297 e. The topological polar surface area (TPSA) is 20.3 Å². The van der Waals surface area contributed by atoms with E-state index in [0.29, 0.717) is 23.7 Å². The lowest BCUT2D eigenvalue weighted by Gasteiger charge is -2.37. The molecule has 0 amide bonds. The molecule has 0 aliphatic carbocycles. The van der Waals surface area contributed by atoms with E-state index in [2.05, 4.69) is 39.5 Å². The predicted octanol–water partition coefficient (Wildman–Crippen LogP) is 3.36. The molecule has 1 rings (SSSR count). The van der Waals surface area contributed by atoms with Crippen molar-refractivity contribution in [2.24, 2.45) is 17.8 Å². The number of hydrogen-bond donors (Lipinski definition) is 0. The normalized spacial score (nSPS) is 30.8. The van der Waals surface area contributed by atoms with Crippen LogP contribution < -0.4 is 0 Å². The van der Waals surface area contributed by atoms with Gasteiger partial charge in [0.05, 0.1) is 5.54 Å². The van der Waals surface area contributed by atoms with E-state index in [1.165, 1.54) is 0 Å². The first-order chi connectivity index (χ1) is 7.70. The van der Waals surface area contributed by atoms with Crippen molar-refractivity contribution >= 4 is 5.78 Å². The summed E-state index contributed by atoms with van der Waals surface area (Å²) in [5, 5.41) is 0. The van der Waals surface area contributed by atoms with E-state index in [0.717, 1.165) is 13.0 Å². The van der Waals surface area contributed by atoms with E-state index in [4.69, 9.17) is 0 Å². The van der Waals surface area contributed by atoms with Crippen molar-refractivity contribution in [1.82, 2.24) is 4.90 Å². The van der Waals surface area contributed by atoms with Gasteiger partial charge < -0.3 is 0 Å². The number of carbonyl (C=O) groups is 1. The Kier molecular flexibility index (Phi) is 4.40. The SMILES string of the molecule is CC(C)C(=O)C1(C)C[C@H](C(C)C)CN1C(C)C. The van der Waals surface area contributed by atoms with Crippen molar-refractivity contribution in [2.75, 3.05) is 6.54 Å². The van der Waals surface area contributed by atoms with Crippen LogP contribution in [0.25, 0.3) is 0 Å². The molecule has 1 heterocycles. The second-order valence-corrected chi connectivity index (χ2v) is 6.75. The van der Waals surface area contributed by atoms with Crippen LogP contribution in [0.3, 0.4) is 0 Å². The summed E-state index contributed by atoms with van der Waals surface area (Å²) in [5.74, 6) is 1.87. The number of rotatable bonds is 4. The van der Waals surface area contributed by atoms with Gasteiger partial charge in [-0.3, -0.25) is 9.69 Å². The van der Waals surface area contributed by atoms with Crippen LogP contribution >= 0.6 is 0 Å². The van der Waals surface area contributed by atoms with Gasteiger partial charge in [0.1, 0.15) is 0 Å². The number of nitrogens with zero attached hydrogens (tertiary/aromatic N) is 1. The van der Waals surface area contributed by atoms with Crippen molar-refractivity contribution in [3.63, 3.8) is 0 Å². The monoisotopic (exact) mass is 239 g/mol. The van der Waals surface area contributed by atoms with E-state index in [9.17, 15) is 4.79 Å². The first kappa shape index (κ1) is 14.7. The minimum absolute atomic E-state index is 0.132. The molecule has 0 aromatic rings. The number of carbonyl (C=O) groups excluding carboxylic acids is 1. The molecule has 17 heavy (non-hydrogen) atoms. The van der Waals surface area contributed by atoms with E-state index in [1.807, 2.05) is 13.8 Å². The molecule has 1 fully saturated rings. The highest BCUT2D eigenvalue weighted by Gasteiger charge is 2.48. The van der Waals surface area contributed by atoms with Gasteiger partial charge in [0.25, 0.3) is 0 Å². The average Bonchev–Trinajstić information content (AvgIpc) is 2.56. The maximum Gasteiger partial charge on any atom is 0.155 e. The lowest BCUT2D eigenvalue weighted by Crippen LogP contribution is -2.52. The van der Waals surface area contributed by atoms with Gasteiger partial charge in [-0.05, 0) is 39.0 Å². The molecule has 0 aromatic heterocycles. The van der Waals surface area contributed by atoms with Crippen LogP contribution in [0.4, 0.5) is 0 Å². The summed E-state index contributed by atoms with van der Waals surface area (Å²) >= 11 is 0. The highest BCUT2D eigenvalue weighted by Crippen LogP contribution is 2.39. The van der Waals surface area contributed by atoms with Gasteiger partial charge >= 0.3 is 0 Å². The Labute approximate surface area is 107 Å². The minimum atomic E-state index is -0.239. The second kappa shape index (κ2) is 5.09. The van der Waals surface area contributed by atoms with Gasteiger partial charge in [-0.15, -0.1) is 0 Å². The first-order valence-electron chi connectivity index (χ1n) is 7.01. The predicted molar refractivity (Wildman–Crippen MR) is 73.0 cm³/mol. The van der Waals surface area contributed by atoms with Crippen LogP contribution in [0.1, 0.15) is 54.9 Å². The molecule has 0 saturated carbocycles. The van der Waals surface area contributed by atoms with Crippen molar-refractivity contribution in [3.8, 4) is 0 Å². The molecule has 0 N–H and O–H groups in total. The Morgan fingerprint density at radius 3 is 2.06 bits per heavy atom. The lowest BCUT2D eigenvalue weighted by molar-refractivity contribution is -0.132. The van der Waals surface area contributed by atoms with E-state index >= 15 is 0 Å². The Hall–Kier alpha value is -0.370. The summed E-state index contributed by atoms with van der Waals surface area (Å²) in [5.41, 5.74) is -0.239. The number of ketones is 1. The van der Waals surface area contributed by atoms with Gasteiger partial charge in [0.2, 0.25) is 0 Å². The van der Waals surface area contributed by atoms with Crippen molar-refractivity contribution in [1.29, 1.82) is 0 Å². The van der Waals surface area contributed by atoms with Gasteiger partial charge in [-0.25, -0.2) is 0 Å². The third-order valence-electron chi connectivity index (χ3n) is 4.35. The Bertz CT molecular complexity index is 283. The van der Waals surface area contributed by atoms with Crippen LogP contribution in [-0.4, -0.2) is 28.8 Å². The Morgan fingerprint density at radius 2 is 1.71 bits per heavy atom. The van der Waals surface area contributed by atoms with Crippen LogP contribution in [0, 0.1) is 17.8 Å². The lowest BCUT2D eigenvalue weighted by atomic mass is 9.81. The Balaban J connectivity index is 2.98. The highest BCUT2D eigenvalue weighted by atomic mass is 16.1. The average molecular weight is 239 g/mol. The van der Waals surface area contributed by atoms with Gasteiger partial charge in [0, 0.05) is 18.5 Å². The summed E-state index contributed by atoms with van der Waals surface area (Å²) in [7, 11) is 0. The van der Waals surface area contributed by atoms with Crippen LogP contribution in [-0.2, 0) is 4.79 Å². The molecular weight excluding hydrogens is 210 g/mol. The summed E-state index contributed by atoms with van der Waals surface area (Å²) in [6.07, 6.45) is 1.03. The van der Waals surface area contributed by atoms with Gasteiger partial charge in [0.15, 0.2) is 5.78 Å². The second-order valence-electron chi connectivity index (χ2n) is 6.75. The standard InChI is InChI=1S/C15H29NO/c1-10(2)13-8-15(7,14(17)11(3)4)16(9-13)12(5)6/h10-13H,8-9H2,1-7H3/t13-,15?/m0/s1. The quantitative estimate of drug-likeness (QED) is 0.750. The number of likely N-dealkylation sites (tertiary alicyclic amines) is 1. The fraction of sp³-hybridized carbons (Fsp3) is 0.933. The molecule has 0 spiro atoms. The molecule has 1 aliphatic heterocycles.